The maximum Gasteiger partial charge on any atom is 0.338 e. The number of hydrogen-bond acceptors (Lipinski definition) is 7. The minimum absolute atomic E-state index is 0.00707. The molecule has 0 fully saturated rings. The van der Waals surface area contributed by atoms with Gasteiger partial charge >= 0.3 is 5.69 Å². The van der Waals surface area contributed by atoms with Crippen molar-refractivity contribution in [1.29, 1.82) is 0 Å². The normalized spacial score (nSPS) is 11.8. The molecule has 8 nitrogen and oxygen atoms in total. The fourth-order valence-corrected chi connectivity index (χ4v) is 4.67. The number of thiophene rings is 1. The molecule has 0 saturated carbocycles. The molecule has 2 heterocycles. The Balaban J connectivity index is 1.81. The molecule has 3 rings (SSSR count). The SMILES string of the molecule is Cc1noc(C=Cc2ccc(S(=O)(=O)Nc3cccc(Cl)c3)s2)c1[N+](=O)[O-]. The molecule has 0 aliphatic carbocycles. The van der Waals surface area contributed by atoms with Gasteiger partial charge in [-0.25, -0.2) is 8.42 Å². The van der Waals surface area contributed by atoms with Gasteiger partial charge in [0.2, 0.25) is 5.76 Å². The lowest BCUT2D eigenvalue weighted by atomic mass is 10.3. The third-order valence-electron chi connectivity index (χ3n) is 3.38. The number of nitro groups is 1. The molecule has 1 aromatic carbocycles. The molecule has 0 atom stereocenters. The van der Waals surface area contributed by atoms with Gasteiger partial charge in [-0.05, 0) is 49.4 Å². The quantitative estimate of drug-likeness (QED) is 0.456. The highest BCUT2D eigenvalue weighted by atomic mass is 35.5. The average molecular weight is 426 g/mol. The Bertz CT molecular complexity index is 1130. The van der Waals surface area contributed by atoms with Crippen molar-refractivity contribution in [3.63, 3.8) is 0 Å². The zero-order valence-electron chi connectivity index (χ0n) is 13.7. The minimum Gasteiger partial charge on any atom is -0.349 e. The maximum atomic E-state index is 12.5. The van der Waals surface area contributed by atoms with Crippen LogP contribution in [0, 0.1) is 17.0 Å². The van der Waals surface area contributed by atoms with Crippen LogP contribution in [0.25, 0.3) is 12.2 Å². The molecular formula is C16H12ClN3O5S2. The first-order chi connectivity index (χ1) is 12.8. The van der Waals surface area contributed by atoms with Crippen molar-refractivity contribution < 1.29 is 17.9 Å². The molecule has 0 aliphatic heterocycles. The van der Waals surface area contributed by atoms with Crippen molar-refractivity contribution in [2.24, 2.45) is 0 Å². The van der Waals surface area contributed by atoms with Crippen LogP contribution in [-0.2, 0) is 10.0 Å². The first-order valence-corrected chi connectivity index (χ1v) is 10.1. The summed E-state index contributed by atoms with van der Waals surface area (Å²) in [5, 5.41) is 15.0. The van der Waals surface area contributed by atoms with E-state index in [1.54, 1.807) is 24.3 Å². The molecule has 0 unspecified atom stereocenters. The molecular weight excluding hydrogens is 414 g/mol. The molecule has 3 aromatic rings. The summed E-state index contributed by atoms with van der Waals surface area (Å²) in [5.74, 6) is -0.00707. The van der Waals surface area contributed by atoms with Crippen LogP contribution in [0.5, 0.6) is 0 Å². The summed E-state index contributed by atoms with van der Waals surface area (Å²) in [7, 11) is -3.78. The molecule has 0 bridgehead atoms. The van der Waals surface area contributed by atoms with Gasteiger partial charge in [-0.1, -0.05) is 22.8 Å². The Kier molecular flexibility index (Phi) is 5.31. The van der Waals surface area contributed by atoms with Crippen LogP contribution in [0.15, 0.2) is 45.1 Å². The number of aromatic nitrogens is 1. The third-order valence-corrected chi connectivity index (χ3v) is 6.54. The summed E-state index contributed by atoms with van der Waals surface area (Å²) in [5.41, 5.74) is 0.291. The molecule has 140 valence electrons. The topological polar surface area (TPSA) is 115 Å². The van der Waals surface area contributed by atoms with Gasteiger partial charge in [0.1, 0.15) is 4.21 Å². The predicted molar refractivity (Wildman–Crippen MR) is 103 cm³/mol. The highest BCUT2D eigenvalue weighted by Crippen LogP contribution is 2.28. The van der Waals surface area contributed by atoms with Crippen LogP contribution < -0.4 is 4.72 Å². The number of anilines is 1. The van der Waals surface area contributed by atoms with E-state index >= 15 is 0 Å². The van der Waals surface area contributed by atoms with Crippen LogP contribution in [0.4, 0.5) is 11.4 Å². The van der Waals surface area contributed by atoms with E-state index in [-0.39, 0.29) is 21.4 Å². The highest BCUT2D eigenvalue weighted by Gasteiger charge is 2.22. The molecule has 0 saturated heterocycles. The van der Waals surface area contributed by atoms with E-state index in [0.717, 1.165) is 11.3 Å². The summed E-state index contributed by atoms with van der Waals surface area (Å²) in [6, 6.07) is 9.38. The first kappa shape index (κ1) is 19.1. The van der Waals surface area contributed by atoms with E-state index in [4.69, 9.17) is 16.1 Å². The molecule has 27 heavy (non-hydrogen) atoms. The van der Waals surface area contributed by atoms with Gasteiger partial charge in [-0.15, -0.1) is 11.3 Å². The fourth-order valence-electron chi connectivity index (χ4n) is 2.20. The van der Waals surface area contributed by atoms with Crippen molar-refractivity contribution in [3.05, 3.63) is 67.9 Å². The van der Waals surface area contributed by atoms with E-state index in [1.807, 2.05) is 0 Å². The van der Waals surface area contributed by atoms with Gasteiger partial charge in [-0.3, -0.25) is 14.8 Å². The number of benzene rings is 1. The van der Waals surface area contributed by atoms with Crippen molar-refractivity contribution >= 4 is 56.5 Å². The van der Waals surface area contributed by atoms with Crippen LogP contribution >= 0.6 is 22.9 Å². The maximum absolute atomic E-state index is 12.5. The summed E-state index contributed by atoms with van der Waals surface area (Å²) < 4.78 is 32.4. The van der Waals surface area contributed by atoms with Crippen LogP contribution in [0.2, 0.25) is 5.02 Å². The molecule has 11 heteroatoms. The van der Waals surface area contributed by atoms with Gasteiger partial charge in [-0.2, -0.15) is 0 Å². The van der Waals surface area contributed by atoms with Gasteiger partial charge < -0.3 is 4.52 Å². The molecule has 0 amide bonds. The number of rotatable bonds is 6. The monoisotopic (exact) mass is 425 g/mol. The van der Waals surface area contributed by atoms with Gasteiger partial charge in [0, 0.05) is 9.90 Å². The second-order valence-corrected chi connectivity index (χ2v) is 8.80. The average Bonchev–Trinajstić information content (AvgIpc) is 3.19. The lowest BCUT2D eigenvalue weighted by Gasteiger charge is -2.06. The zero-order chi connectivity index (χ0) is 19.6. The molecule has 0 aliphatic rings. The number of aryl methyl sites for hydroxylation is 1. The fraction of sp³-hybridized carbons (Fsp3) is 0.0625. The Labute approximate surface area is 163 Å². The first-order valence-electron chi connectivity index (χ1n) is 7.43. The Morgan fingerprint density at radius 1 is 1.30 bits per heavy atom. The second-order valence-electron chi connectivity index (χ2n) is 5.34. The van der Waals surface area contributed by atoms with E-state index in [2.05, 4.69) is 9.88 Å². The standard InChI is InChI=1S/C16H12ClN3O5S2/c1-10-16(20(21)22)14(25-18-10)7-5-13-6-8-15(26-13)27(23,24)19-12-4-2-3-11(17)9-12/h2-9,19H,1H3. The van der Waals surface area contributed by atoms with Crippen molar-refractivity contribution in [3.8, 4) is 0 Å². The lowest BCUT2D eigenvalue weighted by molar-refractivity contribution is -0.386. The summed E-state index contributed by atoms with van der Waals surface area (Å²) in [6.07, 6.45) is 2.90. The van der Waals surface area contributed by atoms with E-state index in [1.165, 1.54) is 31.2 Å². The highest BCUT2D eigenvalue weighted by molar-refractivity contribution is 7.94. The predicted octanol–water partition coefficient (Wildman–Crippen LogP) is 4.58. The Morgan fingerprint density at radius 2 is 2.07 bits per heavy atom. The molecule has 0 radical (unpaired) electrons. The van der Waals surface area contributed by atoms with Crippen LogP contribution in [-0.4, -0.2) is 18.5 Å². The summed E-state index contributed by atoms with van der Waals surface area (Å²) in [6.45, 7) is 1.47. The van der Waals surface area contributed by atoms with Crippen molar-refractivity contribution in [2.45, 2.75) is 11.1 Å². The smallest absolute Gasteiger partial charge is 0.338 e. The van der Waals surface area contributed by atoms with Gasteiger partial charge in [0.05, 0.1) is 10.6 Å². The van der Waals surface area contributed by atoms with E-state index in [0.29, 0.717) is 15.6 Å². The third kappa shape index (κ3) is 4.35. The largest absolute Gasteiger partial charge is 0.349 e. The summed E-state index contributed by atoms with van der Waals surface area (Å²) >= 11 is 6.86. The minimum atomic E-state index is -3.78. The van der Waals surface area contributed by atoms with Crippen LogP contribution in [0.3, 0.4) is 0 Å². The number of halogens is 1. The van der Waals surface area contributed by atoms with Crippen molar-refractivity contribution in [2.75, 3.05) is 4.72 Å². The Hall–Kier alpha value is -2.69. The Morgan fingerprint density at radius 3 is 2.78 bits per heavy atom. The second kappa shape index (κ2) is 7.51. The zero-order valence-corrected chi connectivity index (χ0v) is 16.1. The van der Waals surface area contributed by atoms with E-state index in [9.17, 15) is 18.5 Å². The van der Waals surface area contributed by atoms with Crippen molar-refractivity contribution in [1.82, 2.24) is 5.16 Å². The number of nitrogens with one attached hydrogen (secondary N) is 1. The van der Waals surface area contributed by atoms with Gasteiger partial charge in [0.25, 0.3) is 10.0 Å². The molecule has 2 aromatic heterocycles. The summed E-state index contributed by atoms with van der Waals surface area (Å²) in [4.78, 5) is 11.0. The number of sulfonamides is 1. The number of nitrogens with zero attached hydrogens (tertiary/aromatic N) is 2. The van der Waals surface area contributed by atoms with Gasteiger partial charge in [0.15, 0.2) is 5.69 Å². The lowest BCUT2D eigenvalue weighted by Crippen LogP contribution is -2.11. The van der Waals surface area contributed by atoms with Crippen LogP contribution in [0.1, 0.15) is 16.3 Å². The molecule has 1 N–H and O–H groups in total. The number of hydrogen-bond donors (Lipinski definition) is 1. The van der Waals surface area contributed by atoms with E-state index < -0.39 is 14.9 Å². The molecule has 0 spiro atoms.